The van der Waals surface area contributed by atoms with E-state index in [0.29, 0.717) is 6.61 Å². The Balaban J connectivity index is 0.000000250. The third-order valence-corrected chi connectivity index (χ3v) is 4.54. The molecule has 6 nitrogen and oxygen atoms in total. The number of fused-ring (bicyclic) bond motifs is 3. The number of carbonyl (C=O) groups is 2. The fourth-order valence-electron chi connectivity index (χ4n) is 2.76. The third-order valence-electron chi connectivity index (χ3n) is 4.54. The number of benzene rings is 3. The van der Waals surface area contributed by atoms with Crippen LogP contribution in [0.3, 0.4) is 0 Å². The molecule has 3 aromatic rings. The van der Waals surface area contributed by atoms with Crippen LogP contribution in [0.25, 0.3) is 11.1 Å². The van der Waals surface area contributed by atoms with Crippen molar-refractivity contribution in [1.82, 2.24) is 0 Å². The predicted molar refractivity (Wildman–Crippen MR) is 139 cm³/mol. The molecule has 1 aliphatic rings. The summed E-state index contributed by atoms with van der Waals surface area (Å²) in [7, 11) is 0. The molecule has 0 fully saturated rings. The lowest BCUT2D eigenvalue weighted by Crippen LogP contribution is -2.00. The first-order valence-corrected chi connectivity index (χ1v) is 10.9. The van der Waals surface area contributed by atoms with Gasteiger partial charge in [0, 0.05) is 11.1 Å². The van der Waals surface area contributed by atoms with Crippen LogP contribution >= 0.6 is 0 Å². The van der Waals surface area contributed by atoms with Crippen molar-refractivity contribution < 1.29 is 29.6 Å². The predicted octanol–water partition coefficient (Wildman–Crippen LogP) is 5.61. The SMILES string of the molecule is C=C(C)C(=O)O.C=C(C)C(=O)O.OCCOc1ccccc1.c1ccc2c(c1)Cc1ccccc1-2. The van der Waals surface area contributed by atoms with Crippen molar-refractivity contribution in [2.75, 3.05) is 13.2 Å². The standard InChI is InChI=1S/C13H10.C8H10O2.2C4H6O2/c1-3-7-12-10(5-1)9-11-6-2-4-8-13(11)12;9-6-7-10-8-4-2-1-3-5-8;2*1-3(2)4(5)6/h1-8H,9H2;1-5,9H,6-7H2;2*1H2,2H3,(H,5,6). The molecule has 0 bridgehead atoms. The molecular weight excluding hydrogens is 444 g/mol. The lowest BCUT2D eigenvalue weighted by Gasteiger charge is -2.01. The number of aliphatic hydroxyl groups is 1. The molecule has 35 heavy (non-hydrogen) atoms. The molecule has 0 aromatic heterocycles. The van der Waals surface area contributed by atoms with Gasteiger partial charge in [-0.2, -0.15) is 0 Å². The zero-order valence-electron chi connectivity index (χ0n) is 20.1. The highest BCUT2D eigenvalue weighted by molar-refractivity contribution is 5.85. The molecule has 0 amide bonds. The minimum absolute atomic E-state index is 0.0644. The van der Waals surface area contributed by atoms with Gasteiger partial charge in [0.25, 0.3) is 0 Å². The summed E-state index contributed by atoms with van der Waals surface area (Å²) in [6.07, 6.45) is 1.10. The average molecular weight is 477 g/mol. The van der Waals surface area contributed by atoms with Gasteiger partial charge in [-0.3, -0.25) is 0 Å². The van der Waals surface area contributed by atoms with E-state index in [1.54, 1.807) is 0 Å². The van der Waals surface area contributed by atoms with Crippen molar-refractivity contribution in [2.45, 2.75) is 20.3 Å². The number of ether oxygens (including phenoxy) is 1. The number of hydrogen-bond donors (Lipinski definition) is 3. The molecule has 0 unspecified atom stereocenters. The Hall–Kier alpha value is -4.16. The summed E-state index contributed by atoms with van der Waals surface area (Å²) < 4.78 is 5.11. The van der Waals surface area contributed by atoms with E-state index in [0.717, 1.165) is 12.2 Å². The first-order chi connectivity index (χ1) is 16.7. The maximum absolute atomic E-state index is 9.60. The molecule has 3 aromatic carbocycles. The van der Waals surface area contributed by atoms with Crippen molar-refractivity contribution in [3.05, 3.63) is 114 Å². The second-order valence-corrected chi connectivity index (χ2v) is 7.55. The number of rotatable bonds is 5. The van der Waals surface area contributed by atoms with Crippen LogP contribution in [0, 0.1) is 0 Å². The Morgan fingerprint density at radius 1 is 0.743 bits per heavy atom. The molecule has 0 atom stereocenters. The van der Waals surface area contributed by atoms with E-state index in [1.165, 1.54) is 36.1 Å². The third kappa shape index (κ3) is 11.0. The number of hydrogen-bond acceptors (Lipinski definition) is 4. The molecule has 0 saturated carbocycles. The van der Waals surface area contributed by atoms with Crippen LogP contribution in [-0.2, 0) is 16.0 Å². The summed E-state index contributed by atoms with van der Waals surface area (Å²) in [5.74, 6) is -1.07. The Morgan fingerprint density at radius 3 is 1.49 bits per heavy atom. The van der Waals surface area contributed by atoms with Gasteiger partial charge in [-0.15, -0.1) is 0 Å². The molecule has 1 aliphatic carbocycles. The van der Waals surface area contributed by atoms with Crippen LogP contribution in [0.5, 0.6) is 5.75 Å². The maximum Gasteiger partial charge on any atom is 0.330 e. The zero-order chi connectivity index (χ0) is 26.2. The lowest BCUT2D eigenvalue weighted by atomic mass is 10.1. The van der Waals surface area contributed by atoms with Gasteiger partial charge in [0.15, 0.2) is 0 Å². The van der Waals surface area contributed by atoms with Crippen LogP contribution in [0.4, 0.5) is 0 Å². The Labute approximate surface area is 206 Å². The quantitative estimate of drug-likeness (QED) is 0.324. The van der Waals surface area contributed by atoms with Gasteiger partial charge in [-0.25, -0.2) is 9.59 Å². The van der Waals surface area contributed by atoms with Gasteiger partial charge in [0.1, 0.15) is 12.4 Å². The van der Waals surface area contributed by atoms with E-state index in [1.807, 2.05) is 30.3 Å². The smallest absolute Gasteiger partial charge is 0.330 e. The van der Waals surface area contributed by atoms with Gasteiger partial charge in [-0.05, 0) is 54.7 Å². The van der Waals surface area contributed by atoms with E-state index < -0.39 is 11.9 Å². The highest BCUT2D eigenvalue weighted by Gasteiger charge is 2.15. The van der Waals surface area contributed by atoms with Gasteiger partial charge >= 0.3 is 11.9 Å². The first kappa shape index (κ1) is 28.9. The highest BCUT2D eigenvalue weighted by Crippen LogP contribution is 2.35. The fourth-order valence-corrected chi connectivity index (χ4v) is 2.76. The van der Waals surface area contributed by atoms with E-state index in [2.05, 4.69) is 61.7 Å². The van der Waals surface area contributed by atoms with E-state index in [-0.39, 0.29) is 17.8 Å². The summed E-state index contributed by atoms with van der Waals surface area (Å²) in [4.78, 5) is 19.2. The summed E-state index contributed by atoms with van der Waals surface area (Å²) in [6.45, 7) is 9.63. The molecule has 4 rings (SSSR count). The maximum atomic E-state index is 9.60. The van der Waals surface area contributed by atoms with E-state index in [4.69, 9.17) is 20.1 Å². The Morgan fingerprint density at radius 2 is 1.11 bits per heavy atom. The topological polar surface area (TPSA) is 104 Å². The first-order valence-electron chi connectivity index (χ1n) is 10.9. The molecule has 0 aliphatic heterocycles. The van der Waals surface area contributed by atoms with Crippen molar-refractivity contribution in [1.29, 1.82) is 0 Å². The molecule has 6 heteroatoms. The van der Waals surface area contributed by atoms with Crippen LogP contribution in [0.15, 0.2) is 103 Å². The number of aliphatic hydroxyl groups excluding tert-OH is 1. The van der Waals surface area contributed by atoms with Crippen molar-refractivity contribution in [3.63, 3.8) is 0 Å². The lowest BCUT2D eigenvalue weighted by molar-refractivity contribution is -0.133. The molecule has 0 saturated heterocycles. The van der Waals surface area contributed by atoms with Gasteiger partial charge in [-0.1, -0.05) is 79.9 Å². The van der Waals surface area contributed by atoms with Gasteiger partial charge < -0.3 is 20.1 Å². The van der Waals surface area contributed by atoms with Crippen LogP contribution in [-0.4, -0.2) is 40.5 Å². The van der Waals surface area contributed by atoms with Crippen molar-refractivity contribution in [2.24, 2.45) is 0 Å². The Bertz CT molecular complexity index is 1030. The number of carboxylic acid groups (broad SMARTS) is 2. The van der Waals surface area contributed by atoms with Crippen LogP contribution in [0.1, 0.15) is 25.0 Å². The normalized spacial score (nSPS) is 9.80. The Kier molecular flexibility index (Phi) is 12.9. The van der Waals surface area contributed by atoms with E-state index >= 15 is 0 Å². The average Bonchev–Trinajstić information content (AvgIpc) is 3.23. The molecule has 0 radical (unpaired) electrons. The molecule has 0 heterocycles. The molecular formula is C29H32O6. The number of aliphatic carboxylic acids is 2. The molecule has 0 spiro atoms. The minimum atomic E-state index is -0.935. The van der Waals surface area contributed by atoms with Gasteiger partial charge in [0.2, 0.25) is 0 Å². The highest BCUT2D eigenvalue weighted by atomic mass is 16.5. The summed E-state index contributed by atoms with van der Waals surface area (Å²) in [5, 5.41) is 24.2. The summed E-state index contributed by atoms with van der Waals surface area (Å²) in [5.41, 5.74) is 6.11. The monoisotopic (exact) mass is 476 g/mol. The van der Waals surface area contributed by atoms with Crippen molar-refractivity contribution >= 4 is 11.9 Å². The summed E-state index contributed by atoms with van der Waals surface area (Å²) in [6, 6.07) is 26.7. The number of carboxylic acids is 2. The van der Waals surface area contributed by atoms with Crippen LogP contribution < -0.4 is 4.74 Å². The van der Waals surface area contributed by atoms with Gasteiger partial charge in [0.05, 0.1) is 6.61 Å². The fraction of sp³-hybridized carbons (Fsp3) is 0.172. The van der Waals surface area contributed by atoms with Crippen molar-refractivity contribution in [3.8, 4) is 16.9 Å². The van der Waals surface area contributed by atoms with E-state index in [9.17, 15) is 9.59 Å². The van der Waals surface area contributed by atoms with Crippen LogP contribution in [0.2, 0.25) is 0 Å². The second-order valence-electron chi connectivity index (χ2n) is 7.55. The minimum Gasteiger partial charge on any atom is -0.491 e. The number of para-hydroxylation sites is 1. The largest absolute Gasteiger partial charge is 0.491 e. The second kappa shape index (κ2) is 15.6. The molecule has 184 valence electrons. The zero-order valence-corrected chi connectivity index (χ0v) is 20.1. The summed E-state index contributed by atoms with van der Waals surface area (Å²) >= 11 is 0. The molecule has 3 N–H and O–H groups in total.